The number of hydrogen-bond acceptors (Lipinski definition) is 4. The van der Waals surface area contributed by atoms with Gasteiger partial charge >= 0.3 is 6.18 Å². The zero-order valence-electron chi connectivity index (χ0n) is 9.15. The lowest BCUT2D eigenvalue weighted by Gasteiger charge is -2.18. The van der Waals surface area contributed by atoms with Crippen LogP contribution in [0.3, 0.4) is 0 Å². The van der Waals surface area contributed by atoms with Crippen LogP contribution in [0.4, 0.5) is 18.9 Å². The first-order valence-electron chi connectivity index (χ1n) is 4.96. The lowest BCUT2D eigenvalue weighted by atomic mass is 9.99. The Balaban J connectivity index is 3.11. The largest absolute Gasteiger partial charge is 0.416 e. The van der Waals surface area contributed by atoms with Gasteiger partial charge in [0.15, 0.2) is 0 Å². The number of anilines is 1. The summed E-state index contributed by atoms with van der Waals surface area (Å²) in [4.78, 5) is 0. The fourth-order valence-corrected chi connectivity index (χ4v) is 1.44. The fraction of sp³-hybridized carbons (Fsp3) is 0.364. The Hall–Kier alpha value is -1.78. The van der Waals surface area contributed by atoms with Gasteiger partial charge in [0.2, 0.25) is 0 Å². The van der Waals surface area contributed by atoms with E-state index >= 15 is 0 Å². The summed E-state index contributed by atoms with van der Waals surface area (Å²) in [6.07, 6.45) is -8.03. The summed E-state index contributed by atoms with van der Waals surface area (Å²) in [5.41, 5.74) is 3.94. The minimum absolute atomic E-state index is 0.176. The van der Waals surface area contributed by atoms with Crippen molar-refractivity contribution in [3.8, 4) is 6.07 Å². The standard InChI is InChI=1S/C11H11F3N2O2/c12-11(13,14)7-3-6(4-8(16)5-7)10(18)9(17)1-2-15/h3-5,9-10,17-18H,1,16H2. The molecule has 0 saturated carbocycles. The molecule has 2 unspecified atom stereocenters. The van der Waals surface area contributed by atoms with Crippen LogP contribution in [0.5, 0.6) is 0 Å². The molecule has 0 aliphatic heterocycles. The van der Waals surface area contributed by atoms with Crippen molar-refractivity contribution in [2.45, 2.75) is 24.8 Å². The smallest absolute Gasteiger partial charge is 0.399 e. The Kier molecular flexibility index (Phi) is 4.16. The monoisotopic (exact) mass is 260 g/mol. The predicted molar refractivity (Wildman–Crippen MR) is 57.1 cm³/mol. The third kappa shape index (κ3) is 3.35. The maximum atomic E-state index is 12.5. The first kappa shape index (κ1) is 14.3. The molecule has 2 atom stereocenters. The molecule has 0 saturated heterocycles. The van der Waals surface area contributed by atoms with Crippen molar-refractivity contribution in [2.24, 2.45) is 0 Å². The zero-order valence-corrected chi connectivity index (χ0v) is 9.15. The number of nitriles is 1. The Bertz CT molecular complexity index is 468. The molecular weight excluding hydrogens is 249 g/mol. The van der Waals surface area contributed by atoms with Crippen LogP contribution in [-0.4, -0.2) is 16.3 Å². The molecule has 0 aromatic heterocycles. The van der Waals surface area contributed by atoms with Crippen LogP contribution >= 0.6 is 0 Å². The van der Waals surface area contributed by atoms with Crippen molar-refractivity contribution in [3.63, 3.8) is 0 Å². The maximum Gasteiger partial charge on any atom is 0.416 e. The van der Waals surface area contributed by atoms with Gasteiger partial charge in [0, 0.05) is 5.69 Å². The van der Waals surface area contributed by atoms with Crippen molar-refractivity contribution < 1.29 is 23.4 Å². The predicted octanol–water partition coefficient (Wildman–Crippen LogP) is 1.60. The summed E-state index contributed by atoms with van der Waals surface area (Å²) in [5, 5.41) is 27.3. The fourth-order valence-electron chi connectivity index (χ4n) is 1.44. The summed E-state index contributed by atoms with van der Waals surface area (Å²) >= 11 is 0. The number of alkyl halides is 3. The normalized spacial score (nSPS) is 14.9. The van der Waals surface area contributed by atoms with E-state index in [0.29, 0.717) is 6.07 Å². The second-order valence-corrected chi connectivity index (χ2v) is 3.76. The SMILES string of the molecule is N#CCC(O)C(O)c1cc(N)cc(C(F)(F)F)c1. The molecule has 0 heterocycles. The number of nitrogen functional groups attached to an aromatic ring is 1. The summed E-state index contributed by atoms with van der Waals surface area (Å²) in [6.45, 7) is 0. The summed E-state index contributed by atoms with van der Waals surface area (Å²) < 4.78 is 37.5. The lowest BCUT2D eigenvalue weighted by Crippen LogP contribution is -2.18. The molecule has 1 aromatic carbocycles. The van der Waals surface area contributed by atoms with Gasteiger partial charge in [-0.3, -0.25) is 0 Å². The third-order valence-corrected chi connectivity index (χ3v) is 2.31. The molecule has 0 aliphatic rings. The number of nitrogens with two attached hydrogens (primary N) is 1. The van der Waals surface area contributed by atoms with Crippen molar-refractivity contribution in [3.05, 3.63) is 29.3 Å². The van der Waals surface area contributed by atoms with Gasteiger partial charge in [-0.15, -0.1) is 0 Å². The molecule has 1 rings (SSSR count). The molecular formula is C11H11F3N2O2. The van der Waals surface area contributed by atoms with E-state index in [1.54, 1.807) is 6.07 Å². The molecule has 0 bridgehead atoms. The molecule has 1 aromatic rings. The molecule has 0 amide bonds. The highest BCUT2D eigenvalue weighted by atomic mass is 19.4. The number of halogens is 3. The number of nitrogens with zero attached hydrogens (tertiary/aromatic N) is 1. The molecule has 0 aliphatic carbocycles. The first-order chi connectivity index (χ1) is 8.25. The number of aliphatic hydroxyl groups is 2. The summed E-state index contributed by atoms with van der Waals surface area (Å²) in [6, 6.07) is 4.16. The summed E-state index contributed by atoms with van der Waals surface area (Å²) in [5.74, 6) is 0. The van der Waals surface area contributed by atoms with E-state index in [2.05, 4.69) is 0 Å². The number of hydrogen-bond donors (Lipinski definition) is 3. The highest BCUT2D eigenvalue weighted by molar-refractivity contribution is 5.46. The van der Waals surface area contributed by atoms with Crippen LogP contribution in [0.2, 0.25) is 0 Å². The minimum Gasteiger partial charge on any atom is -0.399 e. The molecule has 7 heteroatoms. The van der Waals surface area contributed by atoms with Crippen molar-refractivity contribution in [1.29, 1.82) is 5.26 Å². The van der Waals surface area contributed by atoms with Crippen LogP contribution in [0.25, 0.3) is 0 Å². The molecule has 18 heavy (non-hydrogen) atoms. The minimum atomic E-state index is -4.59. The third-order valence-electron chi connectivity index (χ3n) is 2.31. The number of rotatable bonds is 3. The van der Waals surface area contributed by atoms with Gasteiger partial charge in [0.1, 0.15) is 6.10 Å². The molecule has 0 fully saturated rings. The van der Waals surface area contributed by atoms with E-state index in [-0.39, 0.29) is 11.3 Å². The van der Waals surface area contributed by atoms with Crippen molar-refractivity contribution in [1.82, 2.24) is 0 Å². The molecule has 0 spiro atoms. The van der Waals surface area contributed by atoms with Crippen LogP contribution < -0.4 is 5.73 Å². The van der Waals surface area contributed by atoms with E-state index in [1.807, 2.05) is 0 Å². The second-order valence-electron chi connectivity index (χ2n) is 3.76. The van der Waals surface area contributed by atoms with Crippen LogP contribution in [0.15, 0.2) is 18.2 Å². The van der Waals surface area contributed by atoms with Gasteiger partial charge in [0.05, 0.1) is 24.2 Å². The Morgan fingerprint density at radius 2 is 1.89 bits per heavy atom. The number of benzene rings is 1. The molecule has 0 radical (unpaired) electrons. The van der Waals surface area contributed by atoms with Gasteiger partial charge < -0.3 is 15.9 Å². The average Bonchev–Trinajstić information content (AvgIpc) is 2.26. The Morgan fingerprint density at radius 3 is 2.39 bits per heavy atom. The average molecular weight is 260 g/mol. The highest BCUT2D eigenvalue weighted by Gasteiger charge is 2.32. The molecule has 4 nitrogen and oxygen atoms in total. The van der Waals surface area contributed by atoms with E-state index in [9.17, 15) is 23.4 Å². The van der Waals surface area contributed by atoms with Gasteiger partial charge in [-0.1, -0.05) is 0 Å². The molecule has 4 N–H and O–H groups in total. The number of aliphatic hydroxyl groups excluding tert-OH is 2. The lowest BCUT2D eigenvalue weighted by molar-refractivity contribution is -0.137. The zero-order chi connectivity index (χ0) is 13.9. The van der Waals surface area contributed by atoms with E-state index < -0.39 is 30.4 Å². The van der Waals surface area contributed by atoms with Crippen LogP contribution in [0, 0.1) is 11.3 Å². The van der Waals surface area contributed by atoms with Gasteiger partial charge in [-0.2, -0.15) is 18.4 Å². The quantitative estimate of drug-likeness (QED) is 0.720. The van der Waals surface area contributed by atoms with E-state index in [4.69, 9.17) is 11.0 Å². The van der Waals surface area contributed by atoms with Crippen molar-refractivity contribution in [2.75, 3.05) is 5.73 Å². The van der Waals surface area contributed by atoms with Gasteiger partial charge in [-0.25, -0.2) is 0 Å². The highest BCUT2D eigenvalue weighted by Crippen LogP contribution is 2.33. The van der Waals surface area contributed by atoms with Gasteiger partial charge in [0.25, 0.3) is 0 Å². The van der Waals surface area contributed by atoms with E-state index in [1.165, 1.54) is 0 Å². The second kappa shape index (κ2) is 5.25. The van der Waals surface area contributed by atoms with Crippen molar-refractivity contribution >= 4 is 5.69 Å². The maximum absolute atomic E-state index is 12.5. The Morgan fingerprint density at radius 1 is 1.28 bits per heavy atom. The Labute approximate surface area is 101 Å². The van der Waals surface area contributed by atoms with Gasteiger partial charge in [-0.05, 0) is 23.8 Å². The van der Waals surface area contributed by atoms with Crippen LogP contribution in [0.1, 0.15) is 23.7 Å². The first-order valence-corrected chi connectivity index (χ1v) is 4.96. The van der Waals surface area contributed by atoms with Crippen LogP contribution in [-0.2, 0) is 6.18 Å². The topological polar surface area (TPSA) is 90.3 Å². The summed E-state index contributed by atoms with van der Waals surface area (Å²) in [7, 11) is 0. The van der Waals surface area contributed by atoms with E-state index in [0.717, 1.165) is 12.1 Å². The molecule has 98 valence electrons.